The molecule has 0 unspecified atom stereocenters. The van der Waals surface area contributed by atoms with Crippen LogP contribution in [0.15, 0.2) is 71.8 Å². The summed E-state index contributed by atoms with van der Waals surface area (Å²) in [6, 6.07) is 18.8. The molecular weight excluding hydrogens is 438 g/mol. The lowest BCUT2D eigenvalue weighted by atomic mass is 10.2. The number of carbonyl (C=O) groups is 2. The summed E-state index contributed by atoms with van der Waals surface area (Å²) >= 11 is 0. The molecule has 0 aliphatic rings. The first-order chi connectivity index (χ1) is 16.5. The largest absolute Gasteiger partial charge is 0.497 e. The normalized spacial score (nSPS) is 10.4. The smallest absolute Gasteiger partial charge is 0.271 e. The number of hydrazone groups is 1. The van der Waals surface area contributed by atoms with Crippen LogP contribution in [-0.4, -0.2) is 46.0 Å². The van der Waals surface area contributed by atoms with Gasteiger partial charge in [-0.25, -0.2) is 5.43 Å². The zero-order valence-electron chi connectivity index (χ0n) is 19.0. The minimum absolute atomic E-state index is 0.202. The molecule has 0 saturated heterocycles. The Morgan fingerprint density at radius 2 is 1.62 bits per heavy atom. The highest BCUT2D eigenvalue weighted by molar-refractivity contribution is 5.95. The van der Waals surface area contributed by atoms with Crippen LogP contribution in [-0.2, 0) is 4.79 Å². The number of methoxy groups -OCH3 is 3. The van der Waals surface area contributed by atoms with Gasteiger partial charge in [0.1, 0.15) is 11.5 Å². The maximum atomic E-state index is 12.2. The molecule has 0 spiro atoms. The van der Waals surface area contributed by atoms with Crippen LogP contribution < -0.4 is 29.7 Å². The van der Waals surface area contributed by atoms with Crippen molar-refractivity contribution in [2.24, 2.45) is 5.10 Å². The summed E-state index contributed by atoms with van der Waals surface area (Å²) < 4.78 is 21.2. The van der Waals surface area contributed by atoms with Crippen molar-refractivity contribution in [3.05, 3.63) is 77.9 Å². The van der Waals surface area contributed by atoms with Crippen molar-refractivity contribution in [1.29, 1.82) is 0 Å². The monoisotopic (exact) mass is 463 g/mol. The number of nitrogens with zero attached hydrogens (tertiary/aromatic N) is 1. The average Bonchev–Trinajstić information content (AvgIpc) is 2.88. The van der Waals surface area contributed by atoms with Gasteiger partial charge in [-0.1, -0.05) is 6.07 Å². The Bertz CT molecular complexity index is 1160. The fraction of sp³-hybridized carbons (Fsp3) is 0.160. The van der Waals surface area contributed by atoms with E-state index < -0.39 is 0 Å². The van der Waals surface area contributed by atoms with Crippen LogP contribution in [0.3, 0.4) is 0 Å². The summed E-state index contributed by atoms with van der Waals surface area (Å²) in [5, 5.41) is 6.72. The number of rotatable bonds is 10. The fourth-order valence-corrected chi connectivity index (χ4v) is 2.89. The van der Waals surface area contributed by atoms with E-state index in [2.05, 4.69) is 15.8 Å². The molecule has 0 radical (unpaired) electrons. The number of nitrogens with one attached hydrogen (secondary N) is 2. The predicted molar refractivity (Wildman–Crippen MR) is 128 cm³/mol. The van der Waals surface area contributed by atoms with E-state index in [1.165, 1.54) is 20.4 Å². The van der Waals surface area contributed by atoms with Gasteiger partial charge in [-0.2, -0.15) is 5.10 Å². The van der Waals surface area contributed by atoms with E-state index in [0.29, 0.717) is 39.8 Å². The van der Waals surface area contributed by atoms with Crippen molar-refractivity contribution in [1.82, 2.24) is 5.43 Å². The summed E-state index contributed by atoms with van der Waals surface area (Å²) in [5.74, 6) is 1.39. The molecule has 0 heterocycles. The molecule has 2 N–H and O–H groups in total. The van der Waals surface area contributed by atoms with Crippen molar-refractivity contribution in [3.8, 4) is 23.0 Å². The van der Waals surface area contributed by atoms with Gasteiger partial charge in [-0.05, 0) is 66.2 Å². The second kappa shape index (κ2) is 11.9. The molecule has 0 atom stereocenters. The molecule has 34 heavy (non-hydrogen) atoms. The molecule has 0 aliphatic heterocycles. The fourth-order valence-electron chi connectivity index (χ4n) is 2.89. The van der Waals surface area contributed by atoms with Gasteiger partial charge in [-0.15, -0.1) is 0 Å². The van der Waals surface area contributed by atoms with E-state index in [4.69, 9.17) is 18.9 Å². The first-order valence-electron chi connectivity index (χ1n) is 10.2. The Balaban J connectivity index is 1.55. The predicted octanol–water partition coefficient (Wildman–Crippen LogP) is 3.49. The van der Waals surface area contributed by atoms with Crippen LogP contribution in [0.25, 0.3) is 0 Å². The summed E-state index contributed by atoms with van der Waals surface area (Å²) in [5.41, 5.74) is 4.18. The van der Waals surface area contributed by atoms with Crippen LogP contribution in [0.5, 0.6) is 23.0 Å². The lowest BCUT2D eigenvalue weighted by molar-refractivity contribution is -0.118. The van der Waals surface area contributed by atoms with Gasteiger partial charge < -0.3 is 24.3 Å². The van der Waals surface area contributed by atoms with Gasteiger partial charge in [-0.3, -0.25) is 9.59 Å². The molecule has 3 aromatic carbocycles. The summed E-state index contributed by atoms with van der Waals surface area (Å²) in [6.45, 7) is -0.202. The average molecular weight is 463 g/mol. The first-order valence-corrected chi connectivity index (χ1v) is 10.2. The molecule has 176 valence electrons. The minimum atomic E-state index is -0.370. The number of ether oxygens (including phenoxy) is 4. The molecule has 0 saturated carbocycles. The number of benzene rings is 3. The molecule has 2 amide bonds. The Morgan fingerprint density at radius 1 is 0.853 bits per heavy atom. The second-order valence-electron chi connectivity index (χ2n) is 6.91. The third kappa shape index (κ3) is 6.73. The van der Waals surface area contributed by atoms with Gasteiger partial charge in [0.15, 0.2) is 18.1 Å². The van der Waals surface area contributed by atoms with Crippen molar-refractivity contribution >= 4 is 23.7 Å². The zero-order valence-corrected chi connectivity index (χ0v) is 19.0. The highest BCUT2D eigenvalue weighted by Crippen LogP contribution is 2.27. The lowest BCUT2D eigenvalue weighted by Gasteiger charge is -2.11. The molecule has 0 aliphatic carbocycles. The second-order valence-corrected chi connectivity index (χ2v) is 6.91. The van der Waals surface area contributed by atoms with Gasteiger partial charge >= 0.3 is 0 Å². The lowest BCUT2D eigenvalue weighted by Crippen LogP contribution is -2.20. The van der Waals surface area contributed by atoms with E-state index in [9.17, 15) is 9.59 Å². The third-order valence-electron chi connectivity index (χ3n) is 4.63. The van der Waals surface area contributed by atoms with Gasteiger partial charge in [0.05, 0.1) is 27.5 Å². The van der Waals surface area contributed by atoms with Gasteiger partial charge in [0, 0.05) is 11.3 Å². The molecule has 3 aromatic rings. The molecule has 9 heteroatoms. The van der Waals surface area contributed by atoms with Gasteiger partial charge in [0.25, 0.3) is 11.8 Å². The Hall–Kier alpha value is -4.53. The molecule has 0 bridgehead atoms. The molecule has 3 rings (SSSR count). The molecular formula is C25H25N3O6. The van der Waals surface area contributed by atoms with Crippen molar-refractivity contribution in [2.75, 3.05) is 33.3 Å². The zero-order chi connectivity index (χ0) is 24.3. The third-order valence-corrected chi connectivity index (χ3v) is 4.63. The van der Waals surface area contributed by atoms with Crippen LogP contribution >= 0.6 is 0 Å². The van der Waals surface area contributed by atoms with E-state index >= 15 is 0 Å². The van der Waals surface area contributed by atoms with E-state index in [0.717, 1.165) is 0 Å². The number of hydrogen-bond acceptors (Lipinski definition) is 7. The Labute approximate surface area is 197 Å². The number of carbonyl (C=O) groups excluding carboxylic acids is 2. The highest BCUT2D eigenvalue weighted by Gasteiger charge is 2.09. The minimum Gasteiger partial charge on any atom is -0.497 e. The van der Waals surface area contributed by atoms with Crippen molar-refractivity contribution in [2.45, 2.75) is 0 Å². The van der Waals surface area contributed by atoms with E-state index in [1.54, 1.807) is 73.8 Å². The first kappa shape index (κ1) is 24.1. The topological polar surface area (TPSA) is 107 Å². The standard InChI is InChI=1S/C25H25N3O6/c1-31-20-10-8-19(9-11-20)27-24(29)16-34-22-12-7-17(13-23(22)33-3)15-26-28-25(30)18-5-4-6-21(14-18)32-2/h4-15H,16H2,1-3H3,(H,27,29)(H,28,30)/b26-15+. The quantitative estimate of drug-likeness (QED) is 0.352. The number of anilines is 1. The summed E-state index contributed by atoms with van der Waals surface area (Å²) in [4.78, 5) is 24.4. The van der Waals surface area contributed by atoms with Crippen molar-refractivity contribution in [3.63, 3.8) is 0 Å². The maximum Gasteiger partial charge on any atom is 0.271 e. The highest BCUT2D eigenvalue weighted by atomic mass is 16.5. The molecule has 9 nitrogen and oxygen atoms in total. The van der Waals surface area contributed by atoms with Crippen LogP contribution in [0, 0.1) is 0 Å². The van der Waals surface area contributed by atoms with Crippen LogP contribution in [0.2, 0.25) is 0 Å². The van der Waals surface area contributed by atoms with E-state index in [-0.39, 0.29) is 18.4 Å². The molecule has 0 aromatic heterocycles. The van der Waals surface area contributed by atoms with Crippen LogP contribution in [0.1, 0.15) is 15.9 Å². The van der Waals surface area contributed by atoms with Gasteiger partial charge in [0.2, 0.25) is 0 Å². The van der Waals surface area contributed by atoms with Crippen molar-refractivity contribution < 1.29 is 28.5 Å². The molecule has 0 fully saturated rings. The summed E-state index contributed by atoms with van der Waals surface area (Å²) in [7, 11) is 4.60. The number of hydrogen-bond donors (Lipinski definition) is 2. The number of amides is 2. The Morgan fingerprint density at radius 3 is 2.32 bits per heavy atom. The maximum absolute atomic E-state index is 12.2. The SMILES string of the molecule is COc1ccc(NC(=O)COc2ccc(/C=N/NC(=O)c3cccc(OC)c3)cc2OC)cc1. The Kier molecular flexibility index (Phi) is 8.45. The van der Waals surface area contributed by atoms with Crippen LogP contribution in [0.4, 0.5) is 5.69 Å². The summed E-state index contributed by atoms with van der Waals surface area (Å²) in [6.07, 6.45) is 1.47. The van der Waals surface area contributed by atoms with E-state index in [1.807, 2.05) is 0 Å².